The smallest absolute Gasteiger partial charge is 0.159 e. The molecule has 0 atom stereocenters. The Labute approximate surface area is 153 Å². The van der Waals surface area contributed by atoms with Gasteiger partial charge in [-0.15, -0.1) is 10.2 Å². The number of nitrogens with zero attached hydrogens (tertiary/aromatic N) is 5. The summed E-state index contributed by atoms with van der Waals surface area (Å²) in [4.78, 5) is 9.83. The molecular weight excluding hydrogens is 322 g/mol. The van der Waals surface area contributed by atoms with Gasteiger partial charge in [-0.2, -0.15) is 0 Å². The molecule has 0 radical (unpaired) electrons. The molecule has 0 amide bonds. The lowest BCUT2D eigenvalue weighted by Crippen LogP contribution is -2.11. The van der Waals surface area contributed by atoms with E-state index in [1.807, 2.05) is 22.8 Å². The van der Waals surface area contributed by atoms with Crippen LogP contribution in [0.25, 0.3) is 5.69 Å². The molecule has 1 aliphatic rings. The summed E-state index contributed by atoms with van der Waals surface area (Å²) in [6.07, 6.45) is 7.72. The van der Waals surface area contributed by atoms with Crippen molar-refractivity contribution >= 4 is 5.71 Å². The van der Waals surface area contributed by atoms with E-state index in [0.29, 0.717) is 6.54 Å². The molecule has 0 unspecified atom stereocenters. The van der Waals surface area contributed by atoms with Crippen molar-refractivity contribution in [2.45, 2.75) is 45.6 Å². The van der Waals surface area contributed by atoms with E-state index in [9.17, 15) is 0 Å². The van der Waals surface area contributed by atoms with Gasteiger partial charge in [-0.05, 0) is 25.0 Å². The molecular formula is C21H23N5. The van der Waals surface area contributed by atoms with Gasteiger partial charge in [0.25, 0.3) is 0 Å². The van der Waals surface area contributed by atoms with Gasteiger partial charge in [-0.1, -0.05) is 56.5 Å². The fourth-order valence-corrected chi connectivity index (χ4v) is 3.35. The summed E-state index contributed by atoms with van der Waals surface area (Å²) >= 11 is 0. The Morgan fingerprint density at radius 1 is 1.00 bits per heavy atom. The van der Waals surface area contributed by atoms with Gasteiger partial charge in [-0.3, -0.25) is 9.56 Å². The zero-order chi connectivity index (χ0) is 17.8. The number of aliphatic imine (C=N–C) groups is 1. The van der Waals surface area contributed by atoms with E-state index in [2.05, 4.69) is 41.4 Å². The number of aromatic nitrogens is 4. The number of fused-ring (bicyclic) bond motifs is 3. The number of unbranched alkanes of at least 4 members (excludes halogenated alkanes) is 3. The molecule has 5 heteroatoms. The lowest BCUT2D eigenvalue weighted by molar-refractivity contribution is 0.660. The van der Waals surface area contributed by atoms with Crippen molar-refractivity contribution < 1.29 is 0 Å². The van der Waals surface area contributed by atoms with E-state index in [-0.39, 0.29) is 0 Å². The third-order valence-electron chi connectivity index (χ3n) is 4.75. The van der Waals surface area contributed by atoms with Gasteiger partial charge in [0, 0.05) is 11.3 Å². The van der Waals surface area contributed by atoms with Crippen LogP contribution in [0.5, 0.6) is 0 Å². The average Bonchev–Trinajstić information content (AvgIpc) is 3.09. The van der Waals surface area contributed by atoms with Crippen LogP contribution >= 0.6 is 0 Å². The topological polar surface area (TPSA) is 56.0 Å². The van der Waals surface area contributed by atoms with Crippen molar-refractivity contribution in [3.63, 3.8) is 0 Å². The Bertz CT molecular complexity index is 911. The first-order chi connectivity index (χ1) is 12.9. The maximum Gasteiger partial charge on any atom is 0.159 e. The van der Waals surface area contributed by atoms with E-state index in [4.69, 9.17) is 9.98 Å². The van der Waals surface area contributed by atoms with Crippen molar-refractivity contribution in [3.05, 3.63) is 71.6 Å². The van der Waals surface area contributed by atoms with Gasteiger partial charge in [0.2, 0.25) is 0 Å². The second-order valence-corrected chi connectivity index (χ2v) is 6.63. The quantitative estimate of drug-likeness (QED) is 0.631. The molecule has 5 nitrogen and oxygen atoms in total. The Morgan fingerprint density at radius 3 is 2.73 bits per heavy atom. The molecule has 4 rings (SSSR count). The normalized spacial score (nSPS) is 12.9. The average molecular weight is 345 g/mol. The molecule has 1 aliphatic heterocycles. The number of pyridine rings is 1. The molecule has 3 heterocycles. The lowest BCUT2D eigenvalue weighted by Gasteiger charge is -2.12. The van der Waals surface area contributed by atoms with Crippen LogP contribution in [0.15, 0.2) is 53.8 Å². The van der Waals surface area contributed by atoms with Crippen molar-refractivity contribution in [2.75, 3.05) is 0 Å². The molecule has 2 aromatic heterocycles. The second kappa shape index (κ2) is 7.60. The van der Waals surface area contributed by atoms with Crippen LogP contribution in [0.4, 0.5) is 0 Å². The second-order valence-electron chi connectivity index (χ2n) is 6.63. The lowest BCUT2D eigenvalue weighted by atomic mass is 10.0. The molecule has 0 aliphatic carbocycles. The number of hydrogen-bond acceptors (Lipinski definition) is 4. The third kappa shape index (κ3) is 3.29. The predicted octanol–water partition coefficient (Wildman–Crippen LogP) is 4.14. The Balaban J connectivity index is 1.74. The Hall–Kier alpha value is -2.82. The molecule has 0 saturated heterocycles. The van der Waals surface area contributed by atoms with Gasteiger partial charge in [0.15, 0.2) is 5.82 Å². The summed E-state index contributed by atoms with van der Waals surface area (Å²) in [7, 11) is 0. The maximum atomic E-state index is 5.00. The van der Waals surface area contributed by atoms with Gasteiger partial charge in [0.05, 0.1) is 11.4 Å². The van der Waals surface area contributed by atoms with E-state index >= 15 is 0 Å². The summed E-state index contributed by atoms with van der Waals surface area (Å²) in [5.41, 5.74) is 5.06. The SMILES string of the molecule is CCCCCCc1ccc2c(n1)C(c1ccccc1)=NCc1nncn1-2. The van der Waals surface area contributed by atoms with Crippen LogP contribution in [-0.2, 0) is 13.0 Å². The summed E-state index contributed by atoms with van der Waals surface area (Å²) in [5, 5.41) is 8.26. The monoisotopic (exact) mass is 345 g/mol. The van der Waals surface area contributed by atoms with Gasteiger partial charge in [-0.25, -0.2) is 4.98 Å². The largest absolute Gasteiger partial charge is 0.282 e. The molecule has 0 fully saturated rings. The van der Waals surface area contributed by atoms with E-state index < -0.39 is 0 Å². The summed E-state index contributed by atoms with van der Waals surface area (Å²) < 4.78 is 2.00. The van der Waals surface area contributed by atoms with E-state index in [1.165, 1.54) is 25.7 Å². The van der Waals surface area contributed by atoms with Crippen LogP contribution in [0, 0.1) is 0 Å². The number of benzene rings is 1. The highest BCUT2D eigenvalue weighted by atomic mass is 15.3. The van der Waals surface area contributed by atoms with Crippen LogP contribution < -0.4 is 0 Å². The van der Waals surface area contributed by atoms with Crippen molar-refractivity contribution in [3.8, 4) is 5.69 Å². The number of rotatable bonds is 6. The molecule has 0 N–H and O–H groups in total. The summed E-state index contributed by atoms with van der Waals surface area (Å²) in [6.45, 7) is 2.74. The predicted molar refractivity (Wildman–Crippen MR) is 103 cm³/mol. The first kappa shape index (κ1) is 16.6. The third-order valence-corrected chi connectivity index (χ3v) is 4.75. The van der Waals surface area contributed by atoms with Gasteiger partial charge >= 0.3 is 0 Å². The molecule has 26 heavy (non-hydrogen) atoms. The molecule has 0 spiro atoms. The zero-order valence-corrected chi connectivity index (χ0v) is 15.1. The van der Waals surface area contributed by atoms with Crippen LogP contribution in [0.3, 0.4) is 0 Å². The highest BCUT2D eigenvalue weighted by Crippen LogP contribution is 2.23. The molecule has 132 valence electrons. The van der Waals surface area contributed by atoms with Crippen LogP contribution in [0.1, 0.15) is 55.4 Å². The number of hydrogen-bond donors (Lipinski definition) is 0. The zero-order valence-electron chi connectivity index (χ0n) is 15.1. The van der Waals surface area contributed by atoms with Crippen LogP contribution in [-0.4, -0.2) is 25.5 Å². The fourth-order valence-electron chi connectivity index (χ4n) is 3.35. The highest BCUT2D eigenvalue weighted by Gasteiger charge is 2.21. The molecule has 0 saturated carbocycles. The van der Waals surface area contributed by atoms with Gasteiger partial charge < -0.3 is 0 Å². The molecule has 1 aromatic carbocycles. The summed E-state index contributed by atoms with van der Waals surface area (Å²) in [6, 6.07) is 14.5. The maximum absolute atomic E-state index is 5.00. The van der Waals surface area contributed by atoms with Crippen LogP contribution in [0.2, 0.25) is 0 Å². The fraction of sp³-hybridized carbons (Fsp3) is 0.333. The standard InChI is InChI=1S/C21H23N5/c1-2-3-4-8-11-17-12-13-18-21(24-17)20(16-9-6-5-7-10-16)22-14-19-25-23-15-26(18)19/h5-7,9-10,12-13,15H,2-4,8,11,14H2,1H3. The highest BCUT2D eigenvalue weighted by molar-refractivity contribution is 6.13. The minimum atomic E-state index is 0.506. The minimum Gasteiger partial charge on any atom is -0.282 e. The number of aryl methyl sites for hydroxylation is 1. The van der Waals surface area contributed by atoms with E-state index in [0.717, 1.165) is 40.6 Å². The summed E-state index contributed by atoms with van der Waals surface area (Å²) in [5.74, 6) is 0.842. The first-order valence-electron chi connectivity index (χ1n) is 9.36. The van der Waals surface area contributed by atoms with Crippen molar-refractivity contribution in [2.24, 2.45) is 4.99 Å². The van der Waals surface area contributed by atoms with E-state index in [1.54, 1.807) is 6.33 Å². The molecule has 3 aromatic rings. The Morgan fingerprint density at radius 2 is 1.88 bits per heavy atom. The van der Waals surface area contributed by atoms with Crippen molar-refractivity contribution in [1.29, 1.82) is 0 Å². The molecule has 0 bridgehead atoms. The van der Waals surface area contributed by atoms with Crippen molar-refractivity contribution in [1.82, 2.24) is 19.7 Å². The first-order valence-corrected chi connectivity index (χ1v) is 9.36. The Kier molecular flexibility index (Phi) is 4.86. The van der Waals surface area contributed by atoms with Gasteiger partial charge in [0.1, 0.15) is 18.6 Å². The minimum absolute atomic E-state index is 0.506.